The number of rotatable bonds is 4. The molecule has 0 bridgehead atoms. The van der Waals surface area contributed by atoms with E-state index in [1.54, 1.807) is 0 Å². The maximum Gasteiger partial charge on any atom is 0.217 e. The molecule has 0 saturated carbocycles. The summed E-state index contributed by atoms with van der Waals surface area (Å²) in [5.41, 5.74) is -0.277. The lowest BCUT2D eigenvalue weighted by molar-refractivity contribution is -0.122. The maximum absolute atomic E-state index is 10.7. The van der Waals surface area contributed by atoms with E-state index < -0.39 is 0 Å². The van der Waals surface area contributed by atoms with Gasteiger partial charge < -0.3 is 10.1 Å². The summed E-state index contributed by atoms with van der Waals surface area (Å²) in [5, 5.41) is 2.84. The monoisotopic (exact) mass is 198 g/mol. The van der Waals surface area contributed by atoms with Crippen LogP contribution in [-0.4, -0.2) is 42.8 Å². The van der Waals surface area contributed by atoms with Gasteiger partial charge in [0.15, 0.2) is 0 Å². The molecule has 0 aromatic carbocycles. The van der Waals surface area contributed by atoms with E-state index in [4.69, 9.17) is 0 Å². The zero-order chi connectivity index (χ0) is 10.8. The normalized spacial score (nSPS) is 18.8. The third-order valence-electron chi connectivity index (χ3n) is 2.31. The van der Waals surface area contributed by atoms with E-state index >= 15 is 0 Å². The van der Waals surface area contributed by atoms with Crippen LogP contribution in [0.25, 0.3) is 0 Å². The highest BCUT2D eigenvalue weighted by molar-refractivity contribution is 5.73. The van der Waals surface area contributed by atoms with Crippen LogP contribution in [0.4, 0.5) is 0 Å². The van der Waals surface area contributed by atoms with Crippen LogP contribution >= 0.6 is 0 Å². The molecular weight excluding hydrogens is 180 g/mol. The molecule has 0 spiro atoms. The number of carbonyl (C=O) groups excluding carboxylic acids is 2. The third kappa shape index (κ3) is 3.10. The topological polar surface area (TPSA) is 49.4 Å². The molecule has 1 aliphatic rings. The van der Waals surface area contributed by atoms with Gasteiger partial charge in [0, 0.05) is 32.0 Å². The SMILES string of the molecule is CC(=O)NC1CN(CC(C)(C)C=O)C1. The quantitative estimate of drug-likeness (QED) is 0.648. The van der Waals surface area contributed by atoms with Gasteiger partial charge in [0.05, 0.1) is 6.04 Å². The van der Waals surface area contributed by atoms with Gasteiger partial charge in [-0.1, -0.05) is 13.8 Å². The number of nitrogens with one attached hydrogen (secondary N) is 1. The van der Waals surface area contributed by atoms with Gasteiger partial charge in [0.1, 0.15) is 6.29 Å². The molecule has 0 aliphatic carbocycles. The fourth-order valence-corrected chi connectivity index (χ4v) is 1.69. The van der Waals surface area contributed by atoms with Crippen molar-refractivity contribution in [3.63, 3.8) is 0 Å². The third-order valence-corrected chi connectivity index (χ3v) is 2.31. The lowest BCUT2D eigenvalue weighted by atomic mass is 9.93. The first-order chi connectivity index (χ1) is 6.43. The summed E-state index contributed by atoms with van der Waals surface area (Å²) in [5.74, 6) is 0.0179. The summed E-state index contributed by atoms with van der Waals surface area (Å²) in [6.45, 7) is 7.86. The maximum atomic E-state index is 10.7. The minimum Gasteiger partial charge on any atom is -0.351 e. The van der Waals surface area contributed by atoms with Crippen LogP contribution in [0.15, 0.2) is 0 Å². The Morgan fingerprint density at radius 3 is 2.57 bits per heavy atom. The Bertz CT molecular complexity index is 232. The van der Waals surface area contributed by atoms with Crippen molar-refractivity contribution in [1.82, 2.24) is 10.2 Å². The Hall–Kier alpha value is -0.900. The number of nitrogens with zero attached hydrogens (tertiary/aromatic N) is 1. The van der Waals surface area contributed by atoms with Crippen molar-refractivity contribution in [2.75, 3.05) is 19.6 Å². The largest absolute Gasteiger partial charge is 0.351 e. The number of amides is 1. The molecule has 1 fully saturated rings. The molecule has 4 heteroatoms. The lowest BCUT2D eigenvalue weighted by Crippen LogP contribution is -2.60. The molecule has 0 radical (unpaired) electrons. The van der Waals surface area contributed by atoms with Crippen LogP contribution in [-0.2, 0) is 9.59 Å². The second-order valence-corrected chi connectivity index (χ2v) is 4.70. The molecule has 1 rings (SSSR count). The highest BCUT2D eigenvalue weighted by Gasteiger charge is 2.31. The molecule has 14 heavy (non-hydrogen) atoms. The average Bonchev–Trinajstić information content (AvgIpc) is 1.99. The van der Waals surface area contributed by atoms with E-state index in [1.807, 2.05) is 13.8 Å². The van der Waals surface area contributed by atoms with Gasteiger partial charge in [-0.25, -0.2) is 0 Å². The average molecular weight is 198 g/mol. The smallest absolute Gasteiger partial charge is 0.217 e. The molecular formula is C10H18N2O2. The summed E-state index contributed by atoms with van der Waals surface area (Å²) < 4.78 is 0. The summed E-state index contributed by atoms with van der Waals surface area (Å²) in [6, 6.07) is 0.273. The molecule has 1 N–H and O–H groups in total. The lowest BCUT2D eigenvalue weighted by Gasteiger charge is -2.42. The minimum atomic E-state index is -0.277. The Balaban J connectivity index is 2.22. The molecule has 0 aromatic rings. The first-order valence-electron chi connectivity index (χ1n) is 4.89. The van der Waals surface area contributed by atoms with Crippen LogP contribution in [0.1, 0.15) is 20.8 Å². The van der Waals surface area contributed by atoms with Crippen molar-refractivity contribution in [3.05, 3.63) is 0 Å². The standard InChI is InChI=1S/C10H18N2O2/c1-8(14)11-9-4-12(5-9)6-10(2,3)7-13/h7,9H,4-6H2,1-3H3,(H,11,14). The van der Waals surface area contributed by atoms with Crippen molar-refractivity contribution >= 4 is 12.2 Å². The van der Waals surface area contributed by atoms with E-state index in [0.29, 0.717) is 0 Å². The summed E-state index contributed by atoms with van der Waals surface area (Å²) >= 11 is 0. The number of likely N-dealkylation sites (tertiary alicyclic amines) is 1. The zero-order valence-corrected chi connectivity index (χ0v) is 9.04. The van der Waals surface area contributed by atoms with Gasteiger partial charge in [-0.3, -0.25) is 9.69 Å². The fraction of sp³-hybridized carbons (Fsp3) is 0.800. The van der Waals surface area contributed by atoms with Crippen LogP contribution in [0.5, 0.6) is 0 Å². The summed E-state index contributed by atoms with van der Waals surface area (Å²) in [4.78, 5) is 23.5. The second-order valence-electron chi connectivity index (χ2n) is 4.70. The van der Waals surface area contributed by atoms with Gasteiger partial charge in [-0.05, 0) is 0 Å². The number of hydrogen-bond acceptors (Lipinski definition) is 3. The Morgan fingerprint density at radius 2 is 2.14 bits per heavy atom. The van der Waals surface area contributed by atoms with Gasteiger partial charge in [-0.15, -0.1) is 0 Å². The molecule has 0 unspecified atom stereocenters. The van der Waals surface area contributed by atoms with Crippen molar-refractivity contribution in [1.29, 1.82) is 0 Å². The highest BCUT2D eigenvalue weighted by atomic mass is 16.1. The van der Waals surface area contributed by atoms with Crippen molar-refractivity contribution in [3.8, 4) is 0 Å². The molecule has 0 atom stereocenters. The Kier molecular flexibility index (Phi) is 3.26. The van der Waals surface area contributed by atoms with Gasteiger partial charge in [0.2, 0.25) is 5.91 Å². The van der Waals surface area contributed by atoms with E-state index in [9.17, 15) is 9.59 Å². The van der Waals surface area contributed by atoms with Crippen molar-refractivity contribution in [2.24, 2.45) is 5.41 Å². The first kappa shape index (κ1) is 11.2. The predicted molar refractivity (Wildman–Crippen MR) is 53.9 cm³/mol. The Labute approximate surface area is 84.7 Å². The Morgan fingerprint density at radius 1 is 1.57 bits per heavy atom. The molecule has 1 heterocycles. The summed E-state index contributed by atoms with van der Waals surface area (Å²) in [7, 11) is 0. The predicted octanol–water partition coefficient (Wildman–Crippen LogP) is 0.0318. The van der Waals surface area contributed by atoms with E-state index in [0.717, 1.165) is 25.9 Å². The van der Waals surface area contributed by atoms with Crippen LogP contribution in [0.3, 0.4) is 0 Å². The van der Waals surface area contributed by atoms with E-state index in [-0.39, 0.29) is 17.4 Å². The summed E-state index contributed by atoms with van der Waals surface area (Å²) in [6.07, 6.45) is 0.985. The van der Waals surface area contributed by atoms with Gasteiger partial charge in [0.25, 0.3) is 0 Å². The van der Waals surface area contributed by atoms with Gasteiger partial charge >= 0.3 is 0 Å². The molecule has 0 aromatic heterocycles. The van der Waals surface area contributed by atoms with Crippen LogP contribution < -0.4 is 5.32 Å². The van der Waals surface area contributed by atoms with Crippen LogP contribution in [0, 0.1) is 5.41 Å². The van der Waals surface area contributed by atoms with E-state index in [1.165, 1.54) is 6.92 Å². The van der Waals surface area contributed by atoms with Crippen molar-refractivity contribution < 1.29 is 9.59 Å². The minimum absolute atomic E-state index is 0.0179. The first-order valence-corrected chi connectivity index (χ1v) is 4.89. The highest BCUT2D eigenvalue weighted by Crippen LogP contribution is 2.18. The number of carbonyl (C=O) groups is 2. The molecule has 1 amide bonds. The fourth-order valence-electron chi connectivity index (χ4n) is 1.69. The number of aldehydes is 1. The van der Waals surface area contributed by atoms with Gasteiger partial charge in [-0.2, -0.15) is 0 Å². The molecule has 1 aliphatic heterocycles. The van der Waals surface area contributed by atoms with Crippen molar-refractivity contribution in [2.45, 2.75) is 26.8 Å². The second kappa shape index (κ2) is 4.09. The molecule has 1 saturated heterocycles. The molecule has 4 nitrogen and oxygen atoms in total. The number of hydrogen-bond donors (Lipinski definition) is 1. The van der Waals surface area contributed by atoms with Crippen LogP contribution in [0.2, 0.25) is 0 Å². The zero-order valence-electron chi connectivity index (χ0n) is 9.04. The van der Waals surface area contributed by atoms with E-state index in [2.05, 4.69) is 10.2 Å². The molecule has 80 valence electrons.